The number of hydrogen-bond acceptors (Lipinski definition) is 5. The van der Waals surface area contributed by atoms with E-state index in [0.29, 0.717) is 0 Å². The number of carboxylic acid groups (broad SMARTS) is 1. The zero-order valence-electron chi connectivity index (χ0n) is 9.88. The Kier molecular flexibility index (Phi) is 4.73. The van der Waals surface area contributed by atoms with Gasteiger partial charge in [0.05, 0.1) is 6.42 Å². The fourth-order valence-electron chi connectivity index (χ4n) is 1.57. The molecule has 0 radical (unpaired) electrons. The average molecular weight is 254 g/mol. The second-order valence-electron chi connectivity index (χ2n) is 3.85. The molecule has 0 saturated carbocycles. The molecule has 1 heterocycles. The summed E-state index contributed by atoms with van der Waals surface area (Å²) in [5.41, 5.74) is 0. The third kappa shape index (κ3) is 3.49. The number of amides is 2. The number of ketones is 1. The molecule has 0 aromatic rings. The van der Waals surface area contributed by atoms with E-state index in [1.807, 2.05) is 0 Å². The Bertz CT molecular complexity index is 398. The molecule has 0 aromatic carbocycles. The van der Waals surface area contributed by atoms with Crippen molar-refractivity contribution in [2.24, 2.45) is 0 Å². The van der Waals surface area contributed by atoms with E-state index >= 15 is 0 Å². The number of carbonyl (C=O) groups is 4. The third-order valence-electron chi connectivity index (χ3n) is 2.48. The highest BCUT2D eigenvalue weighted by molar-refractivity contribution is 6.15. The van der Waals surface area contributed by atoms with Crippen molar-refractivity contribution >= 4 is 23.6 Å². The van der Waals surface area contributed by atoms with Gasteiger partial charge in [0, 0.05) is 25.2 Å². The summed E-state index contributed by atoms with van der Waals surface area (Å²) in [5, 5.41) is 11.2. The van der Waals surface area contributed by atoms with E-state index in [1.165, 1.54) is 6.92 Å². The minimum atomic E-state index is -0.961. The molecule has 1 aliphatic heterocycles. The maximum atomic E-state index is 11.4. The van der Waals surface area contributed by atoms with Gasteiger partial charge in [0.25, 0.3) is 11.8 Å². The summed E-state index contributed by atoms with van der Waals surface area (Å²) in [6.45, 7) is 1.51. The van der Waals surface area contributed by atoms with Crippen molar-refractivity contribution in [1.82, 2.24) is 10.2 Å². The van der Waals surface area contributed by atoms with Crippen LogP contribution in [0.1, 0.15) is 13.3 Å². The van der Waals surface area contributed by atoms with E-state index in [9.17, 15) is 19.2 Å². The summed E-state index contributed by atoms with van der Waals surface area (Å²) in [6, 6.07) is -0.895. The molecule has 1 atom stereocenters. The smallest absolute Gasteiger partial charge is 0.304 e. The fraction of sp³-hybridized carbons (Fsp3) is 0.455. The maximum absolute atomic E-state index is 11.4. The van der Waals surface area contributed by atoms with Gasteiger partial charge in [-0.05, 0) is 6.92 Å². The van der Waals surface area contributed by atoms with Gasteiger partial charge in [0.15, 0.2) is 5.78 Å². The molecule has 1 rings (SSSR count). The fourth-order valence-corrected chi connectivity index (χ4v) is 1.57. The van der Waals surface area contributed by atoms with Gasteiger partial charge in [-0.1, -0.05) is 0 Å². The second kappa shape index (κ2) is 6.06. The zero-order valence-corrected chi connectivity index (χ0v) is 9.88. The first-order chi connectivity index (χ1) is 8.43. The normalized spacial score (nSPS) is 16.2. The van der Waals surface area contributed by atoms with E-state index < -0.39 is 23.8 Å². The van der Waals surface area contributed by atoms with Crippen LogP contribution < -0.4 is 5.32 Å². The SMILES string of the molecule is CC(=O)C(CNCCC(=O)O)N1C(=O)C=CC1=O. The summed E-state index contributed by atoms with van der Waals surface area (Å²) in [6.07, 6.45) is 2.12. The van der Waals surface area contributed by atoms with Gasteiger partial charge in [-0.2, -0.15) is 0 Å². The Morgan fingerprint density at radius 3 is 2.33 bits per heavy atom. The van der Waals surface area contributed by atoms with Crippen molar-refractivity contribution in [2.45, 2.75) is 19.4 Å². The average Bonchev–Trinajstić information content (AvgIpc) is 2.59. The lowest BCUT2D eigenvalue weighted by Crippen LogP contribution is -2.49. The molecule has 1 aliphatic rings. The van der Waals surface area contributed by atoms with Gasteiger partial charge in [-0.25, -0.2) is 0 Å². The first-order valence-corrected chi connectivity index (χ1v) is 5.41. The molecular formula is C11H14N2O5. The van der Waals surface area contributed by atoms with E-state index in [1.54, 1.807) is 0 Å². The number of carboxylic acids is 1. The van der Waals surface area contributed by atoms with E-state index in [-0.39, 0.29) is 25.3 Å². The minimum absolute atomic E-state index is 0.0573. The summed E-state index contributed by atoms with van der Waals surface area (Å²) in [7, 11) is 0. The summed E-state index contributed by atoms with van der Waals surface area (Å²) >= 11 is 0. The molecule has 1 unspecified atom stereocenters. The van der Waals surface area contributed by atoms with Gasteiger partial charge in [-0.15, -0.1) is 0 Å². The Morgan fingerprint density at radius 1 is 1.33 bits per heavy atom. The number of rotatable bonds is 7. The van der Waals surface area contributed by atoms with Crippen LogP contribution in [0.15, 0.2) is 12.2 Å². The van der Waals surface area contributed by atoms with Crippen LogP contribution in [-0.4, -0.2) is 52.7 Å². The van der Waals surface area contributed by atoms with E-state index in [4.69, 9.17) is 5.11 Å². The number of nitrogens with zero attached hydrogens (tertiary/aromatic N) is 1. The Hall–Kier alpha value is -2.02. The predicted molar refractivity (Wildman–Crippen MR) is 60.6 cm³/mol. The van der Waals surface area contributed by atoms with Gasteiger partial charge in [-0.3, -0.25) is 24.1 Å². The second-order valence-corrected chi connectivity index (χ2v) is 3.85. The van der Waals surface area contributed by atoms with E-state index in [0.717, 1.165) is 17.1 Å². The van der Waals surface area contributed by atoms with Gasteiger partial charge in [0.2, 0.25) is 0 Å². The summed E-state index contributed by atoms with van der Waals surface area (Å²) < 4.78 is 0. The van der Waals surface area contributed by atoms with Crippen LogP contribution in [0.5, 0.6) is 0 Å². The van der Waals surface area contributed by atoms with Crippen molar-refractivity contribution in [3.8, 4) is 0 Å². The molecule has 7 nitrogen and oxygen atoms in total. The number of carbonyl (C=O) groups excluding carboxylic acids is 3. The Morgan fingerprint density at radius 2 is 1.89 bits per heavy atom. The van der Waals surface area contributed by atoms with Gasteiger partial charge < -0.3 is 10.4 Å². The van der Waals surface area contributed by atoms with Crippen LogP contribution in [-0.2, 0) is 19.2 Å². The van der Waals surface area contributed by atoms with Crippen molar-refractivity contribution in [3.63, 3.8) is 0 Å². The number of Topliss-reactive ketones (excluding diaryl/α,β-unsaturated/α-hetero) is 1. The van der Waals surface area contributed by atoms with Crippen molar-refractivity contribution in [1.29, 1.82) is 0 Å². The van der Waals surface area contributed by atoms with Gasteiger partial charge >= 0.3 is 5.97 Å². The molecule has 0 fully saturated rings. The molecule has 7 heteroatoms. The maximum Gasteiger partial charge on any atom is 0.304 e. The monoisotopic (exact) mass is 254 g/mol. The molecule has 0 bridgehead atoms. The standard InChI is InChI=1S/C11H14N2O5/c1-7(14)8(6-12-5-4-11(17)18)13-9(15)2-3-10(13)16/h2-3,8,12H,4-6H2,1H3,(H,17,18). The van der Waals surface area contributed by atoms with Crippen molar-refractivity contribution in [3.05, 3.63) is 12.2 Å². The predicted octanol–water partition coefficient (Wildman–Crippen LogP) is -1.07. The number of aliphatic carboxylic acids is 1. The van der Waals surface area contributed by atoms with Crippen LogP contribution in [0.2, 0.25) is 0 Å². The minimum Gasteiger partial charge on any atom is -0.481 e. The third-order valence-corrected chi connectivity index (χ3v) is 2.48. The van der Waals surface area contributed by atoms with Crippen LogP contribution in [0.25, 0.3) is 0 Å². The van der Waals surface area contributed by atoms with Crippen molar-refractivity contribution in [2.75, 3.05) is 13.1 Å². The molecule has 18 heavy (non-hydrogen) atoms. The largest absolute Gasteiger partial charge is 0.481 e. The molecule has 0 saturated heterocycles. The molecular weight excluding hydrogens is 240 g/mol. The summed E-state index contributed by atoms with van der Waals surface area (Å²) in [4.78, 5) is 45.4. The highest BCUT2D eigenvalue weighted by Crippen LogP contribution is 2.09. The van der Waals surface area contributed by atoms with Crippen LogP contribution in [0.4, 0.5) is 0 Å². The quantitative estimate of drug-likeness (QED) is 0.443. The Balaban J connectivity index is 2.56. The van der Waals surface area contributed by atoms with E-state index in [2.05, 4.69) is 5.32 Å². The zero-order chi connectivity index (χ0) is 13.7. The molecule has 0 aliphatic carbocycles. The Labute approximate surface area is 103 Å². The van der Waals surface area contributed by atoms with Crippen LogP contribution in [0.3, 0.4) is 0 Å². The molecule has 0 aromatic heterocycles. The van der Waals surface area contributed by atoms with Crippen LogP contribution >= 0.6 is 0 Å². The lowest BCUT2D eigenvalue weighted by Gasteiger charge is -2.24. The lowest BCUT2D eigenvalue weighted by molar-refractivity contribution is -0.144. The number of hydrogen-bond donors (Lipinski definition) is 2. The number of nitrogens with one attached hydrogen (secondary N) is 1. The highest BCUT2D eigenvalue weighted by Gasteiger charge is 2.33. The first-order valence-electron chi connectivity index (χ1n) is 5.41. The topological polar surface area (TPSA) is 104 Å². The molecule has 2 N–H and O–H groups in total. The van der Waals surface area contributed by atoms with Crippen molar-refractivity contribution < 1.29 is 24.3 Å². The molecule has 2 amide bonds. The lowest BCUT2D eigenvalue weighted by atomic mass is 10.1. The summed E-state index contributed by atoms with van der Waals surface area (Å²) in [5.74, 6) is -2.35. The highest BCUT2D eigenvalue weighted by atomic mass is 16.4. The first kappa shape index (κ1) is 14.0. The van der Waals surface area contributed by atoms with Crippen LogP contribution in [0, 0.1) is 0 Å². The molecule has 98 valence electrons. The number of imide groups is 1. The van der Waals surface area contributed by atoms with Gasteiger partial charge in [0.1, 0.15) is 6.04 Å². The molecule has 0 spiro atoms.